The molecule has 0 saturated heterocycles. The largest absolute Gasteiger partial charge is 0.456 e. The van der Waals surface area contributed by atoms with Gasteiger partial charge in [-0.3, -0.25) is 0 Å². The van der Waals surface area contributed by atoms with E-state index in [1.54, 1.807) is 0 Å². The summed E-state index contributed by atoms with van der Waals surface area (Å²) in [6.45, 7) is 18.6. The molecule has 0 N–H and O–H groups in total. The number of hydrogen-bond donors (Lipinski definition) is 0. The van der Waals surface area contributed by atoms with Crippen LogP contribution < -0.4 is 9.75 Å². The first-order chi connectivity index (χ1) is 15.6. The van der Waals surface area contributed by atoms with Gasteiger partial charge < -0.3 is 4.42 Å². The second kappa shape index (κ2) is 7.05. The van der Waals surface area contributed by atoms with E-state index in [4.69, 9.17) is 12.4 Å². The Kier molecular flexibility index (Phi) is 4.24. The normalized spacial score (nSPS) is 12.5. The Labute approximate surface area is 191 Å². The average molecular weight is 437 g/mol. The topological polar surface area (TPSA) is 21.4 Å². The minimum Gasteiger partial charge on any atom is -0.456 e. The van der Waals surface area contributed by atoms with E-state index in [9.17, 15) is 0 Å². The Balaban J connectivity index is 1.87. The zero-order valence-corrected chi connectivity index (χ0v) is 20.4. The lowest BCUT2D eigenvalue weighted by Crippen LogP contribution is -2.38. The molecule has 0 aliphatic heterocycles. The molecule has 2 heterocycles. The van der Waals surface area contributed by atoms with Crippen molar-refractivity contribution in [3.8, 4) is 11.3 Å². The third kappa shape index (κ3) is 3.04. The van der Waals surface area contributed by atoms with Gasteiger partial charge in [0.05, 0.1) is 21.6 Å². The fourth-order valence-electron chi connectivity index (χ4n) is 4.53. The van der Waals surface area contributed by atoms with E-state index in [1.165, 1.54) is 10.8 Å². The van der Waals surface area contributed by atoms with E-state index in [1.807, 2.05) is 24.3 Å². The molecule has 158 valence electrons. The summed E-state index contributed by atoms with van der Waals surface area (Å²) in [6, 6.07) is 16.9. The molecule has 4 heteroatoms. The maximum Gasteiger partial charge on any atom is 0.216 e. The van der Waals surface area contributed by atoms with Crippen molar-refractivity contribution in [1.82, 2.24) is 0 Å². The van der Waals surface area contributed by atoms with Crippen molar-refractivity contribution in [2.75, 3.05) is 0 Å². The summed E-state index contributed by atoms with van der Waals surface area (Å²) in [5, 5.41) is 4.39. The molecule has 3 nitrogen and oxygen atoms in total. The summed E-state index contributed by atoms with van der Waals surface area (Å²) in [7, 11) is 0.592. The van der Waals surface area contributed by atoms with Gasteiger partial charge in [0.1, 0.15) is 18.2 Å². The van der Waals surface area contributed by atoms with Gasteiger partial charge in [-0.25, -0.2) is 4.85 Å². The van der Waals surface area contributed by atoms with Crippen LogP contribution in [0.4, 0.5) is 5.69 Å². The molecule has 0 aliphatic rings. The number of aromatic nitrogens is 1. The lowest BCUT2D eigenvalue weighted by molar-refractivity contribution is -0.633. The third-order valence-electron chi connectivity index (χ3n) is 6.60. The number of aryl methyl sites for hydroxylation is 2. The maximum absolute atomic E-state index is 8.88. The molecule has 5 rings (SSSR count). The predicted molar refractivity (Wildman–Crippen MR) is 137 cm³/mol. The van der Waals surface area contributed by atoms with Crippen LogP contribution in [0.2, 0.25) is 19.6 Å². The number of benzene rings is 3. The number of pyridine rings is 1. The number of hydrogen-bond acceptors (Lipinski definition) is 1. The highest BCUT2D eigenvalue weighted by atomic mass is 28.3. The Morgan fingerprint density at radius 2 is 1.78 bits per heavy atom. The van der Waals surface area contributed by atoms with Gasteiger partial charge in [-0.15, -0.1) is 0 Å². The fourth-order valence-corrected chi connectivity index (χ4v) is 5.69. The monoisotopic (exact) mass is 436 g/mol. The summed E-state index contributed by atoms with van der Waals surface area (Å²) in [5.41, 5.74) is 7.43. The van der Waals surface area contributed by atoms with E-state index >= 15 is 0 Å². The molecule has 0 amide bonds. The Hall–Kier alpha value is -3.42. The zero-order chi connectivity index (χ0) is 23.7. The first kappa shape index (κ1) is 19.3. The quantitative estimate of drug-likeness (QED) is 0.167. The van der Waals surface area contributed by atoms with Gasteiger partial charge in [0.15, 0.2) is 5.69 Å². The van der Waals surface area contributed by atoms with Gasteiger partial charge in [-0.2, -0.15) is 4.57 Å². The lowest BCUT2D eigenvalue weighted by atomic mass is 9.96. The van der Waals surface area contributed by atoms with Crippen LogP contribution in [0, 0.1) is 20.4 Å². The minimum atomic E-state index is -1.48. The molecule has 0 spiro atoms. The van der Waals surface area contributed by atoms with Crippen molar-refractivity contribution < 1.29 is 10.4 Å². The molecule has 5 aromatic rings. The zero-order valence-electron chi connectivity index (χ0n) is 20.4. The van der Waals surface area contributed by atoms with Gasteiger partial charge in [-0.1, -0.05) is 43.0 Å². The molecule has 2 aromatic heterocycles. The van der Waals surface area contributed by atoms with Crippen LogP contribution in [-0.4, -0.2) is 8.07 Å². The standard InChI is InChI=1S/C28H27N2OSi/c1-17-14-23-22-11-9-20(29-3)16-26(22)31-28(23)27(18(17)2)25-12-8-19-15-21(32(5,6)7)10-13-24(19)30(25)4/h8-16H,1-2,4-7H3/q+1/i8D. The van der Waals surface area contributed by atoms with Crippen molar-refractivity contribution in [2.24, 2.45) is 7.05 Å². The summed E-state index contributed by atoms with van der Waals surface area (Å²) in [5.74, 6) is 0. The van der Waals surface area contributed by atoms with Crippen LogP contribution in [-0.2, 0) is 7.05 Å². The average Bonchev–Trinajstić information content (AvgIpc) is 3.13. The highest BCUT2D eigenvalue weighted by Crippen LogP contribution is 2.39. The van der Waals surface area contributed by atoms with Gasteiger partial charge in [-0.05, 0) is 49.2 Å². The summed E-state index contributed by atoms with van der Waals surface area (Å²) < 4.78 is 17.4. The number of rotatable bonds is 2. The predicted octanol–water partition coefficient (Wildman–Crippen LogP) is 6.94. The van der Waals surface area contributed by atoms with E-state index in [0.717, 1.165) is 49.7 Å². The van der Waals surface area contributed by atoms with Gasteiger partial charge in [0, 0.05) is 28.3 Å². The van der Waals surface area contributed by atoms with E-state index < -0.39 is 8.07 Å². The molecule has 0 saturated carbocycles. The Morgan fingerprint density at radius 1 is 1.00 bits per heavy atom. The third-order valence-corrected chi connectivity index (χ3v) is 8.64. The summed E-state index contributed by atoms with van der Waals surface area (Å²) >= 11 is 0. The highest BCUT2D eigenvalue weighted by molar-refractivity contribution is 6.88. The van der Waals surface area contributed by atoms with Gasteiger partial charge >= 0.3 is 0 Å². The van der Waals surface area contributed by atoms with Crippen molar-refractivity contribution >= 4 is 51.8 Å². The number of furan rings is 1. The molecule has 0 bridgehead atoms. The van der Waals surface area contributed by atoms with E-state index in [2.05, 4.69) is 74.2 Å². The number of fused-ring (bicyclic) bond motifs is 4. The van der Waals surface area contributed by atoms with Gasteiger partial charge in [0.25, 0.3) is 0 Å². The van der Waals surface area contributed by atoms with Crippen molar-refractivity contribution in [1.29, 1.82) is 0 Å². The van der Waals surface area contributed by atoms with Crippen LogP contribution >= 0.6 is 0 Å². The van der Waals surface area contributed by atoms with Crippen molar-refractivity contribution in [2.45, 2.75) is 33.5 Å². The first-order valence-corrected chi connectivity index (χ1v) is 14.4. The SMILES string of the molecule is [2H]c1cc(-c2c(C)c(C)cc3c2oc2cc([N+]#[C-])ccc23)[n+](C)c2ccc([Si](C)(C)C)cc12. The van der Waals surface area contributed by atoms with E-state index in [0.29, 0.717) is 11.7 Å². The molecule has 0 aliphatic carbocycles. The highest BCUT2D eigenvalue weighted by Gasteiger charge is 2.24. The van der Waals surface area contributed by atoms with E-state index in [-0.39, 0.29) is 0 Å². The van der Waals surface area contributed by atoms with Crippen LogP contribution in [0.3, 0.4) is 0 Å². The molecule has 0 fully saturated rings. The Morgan fingerprint density at radius 3 is 2.50 bits per heavy atom. The molecule has 0 radical (unpaired) electrons. The van der Waals surface area contributed by atoms with Crippen LogP contribution in [0.15, 0.2) is 59.0 Å². The van der Waals surface area contributed by atoms with Crippen LogP contribution in [0.25, 0.3) is 48.9 Å². The molecule has 32 heavy (non-hydrogen) atoms. The lowest BCUT2D eigenvalue weighted by Gasteiger charge is -2.17. The summed E-state index contributed by atoms with van der Waals surface area (Å²) in [6.07, 6.45) is 0. The molecular formula is C28H27N2OSi+. The summed E-state index contributed by atoms with van der Waals surface area (Å²) in [4.78, 5) is 3.55. The molecule has 0 atom stereocenters. The van der Waals surface area contributed by atoms with Crippen molar-refractivity contribution in [3.05, 3.63) is 77.1 Å². The molecule has 3 aromatic carbocycles. The van der Waals surface area contributed by atoms with Crippen LogP contribution in [0.5, 0.6) is 0 Å². The molecular weight excluding hydrogens is 408 g/mol. The fraction of sp³-hybridized carbons (Fsp3) is 0.214. The van der Waals surface area contributed by atoms with Gasteiger partial charge in [0.2, 0.25) is 11.2 Å². The maximum atomic E-state index is 8.88. The first-order valence-electron chi connectivity index (χ1n) is 11.4. The Bertz CT molecular complexity index is 1650. The van der Waals surface area contributed by atoms with Crippen LogP contribution in [0.1, 0.15) is 12.5 Å². The molecule has 0 unspecified atom stereocenters. The minimum absolute atomic E-state index is 0.527. The smallest absolute Gasteiger partial charge is 0.216 e. The second-order valence-corrected chi connectivity index (χ2v) is 14.8. The van der Waals surface area contributed by atoms with Crippen molar-refractivity contribution in [3.63, 3.8) is 0 Å². The number of nitrogens with zero attached hydrogens (tertiary/aromatic N) is 2. The second-order valence-electron chi connectivity index (χ2n) is 9.68.